The van der Waals surface area contributed by atoms with Crippen molar-refractivity contribution in [2.45, 2.75) is 6.42 Å². The summed E-state index contributed by atoms with van der Waals surface area (Å²) in [6.45, 7) is 4.32. The minimum atomic E-state index is -0.208. The Bertz CT molecular complexity index is 1390. The van der Waals surface area contributed by atoms with Gasteiger partial charge in [-0.15, -0.1) is 11.3 Å². The van der Waals surface area contributed by atoms with Crippen LogP contribution in [0.15, 0.2) is 30.6 Å². The van der Waals surface area contributed by atoms with Gasteiger partial charge < -0.3 is 19.9 Å². The molecule has 2 fully saturated rings. The van der Waals surface area contributed by atoms with Crippen LogP contribution < -0.4 is 15.0 Å². The van der Waals surface area contributed by atoms with Gasteiger partial charge in [0.15, 0.2) is 0 Å². The van der Waals surface area contributed by atoms with E-state index in [1.807, 2.05) is 31.6 Å². The number of rotatable bonds is 4. The SMILES string of the molecule is COc1cc2nn(C)cc2cc1NC(=O)c1cc2ncc(N3CCC4(CN(C)C4)C3)nc2s1. The monoisotopic (exact) mass is 463 g/mol. The van der Waals surface area contributed by atoms with Crippen LogP contribution in [0.5, 0.6) is 5.75 Å². The molecule has 9 nitrogen and oxygen atoms in total. The third kappa shape index (κ3) is 3.50. The molecule has 10 heteroatoms. The fourth-order valence-corrected chi connectivity index (χ4v) is 6.06. The number of fused-ring (bicyclic) bond motifs is 2. The highest BCUT2D eigenvalue weighted by Crippen LogP contribution is 2.40. The highest BCUT2D eigenvalue weighted by molar-refractivity contribution is 7.20. The molecule has 1 amide bonds. The van der Waals surface area contributed by atoms with Crippen LogP contribution in [0.1, 0.15) is 16.1 Å². The van der Waals surface area contributed by atoms with Gasteiger partial charge in [-0.2, -0.15) is 5.10 Å². The van der Waals surface area contributed by atoms with E-state index in [1.54, 1.807) is 17.9 Å². The van der Waals surface area contributed by atoms with E-state index in [9.17, 15) is 4.79 Å². The van der Waals surface area contributed by atoms with E-state index < -0.39 is 0 Å². The Morgan fingerprint density at radius 3 is 2.82 bits per heavy atom. The Labute approximate surface area is 195 Å². The number of amides is 1. The third-order valence-corrected chi connectivity index (χ3v) is 7.63. The standard InChI is InChI=1S/C23H25N7O2S/c1-28-11-23(12-28)4-5-30(13-23)20-9-24-17-8-19(33-22(17)26-20)21(31)25-16-6-14-10-29(2)27-15(14)7-18(16)32-3/h6-10H,4-5,11-13H2,1-3H3,(H,25,31). The molecule has 5 heterocycles. The summed E-state index contributed by atoms with van der Waals surface area (Å²) in [5.74, 6) is 1.26. The summed E-state index contributed by atoms with van der Waals surface area (Å²) in [5.41, 5.74) is 2.56. The average Bonchev–Trinajstić information content (AvgIpc) is 3.48. The van der Waals surface area contributed by atoms with E-state index in [2.05, 4.69) is 32.2 Å². The highest BCUT2D eigenvalue weighted by Gasteiger charge is 2.46. The van der Waals surface area contributed by atoms with Crippen molar-refractivity contribution >= 4 is 50.0 Å². The van der Waals surface area contributed by atoms with Crippen LogP contribution in [-0.4, -0.2) is 70.9 Å². The van der Waals surface area contributed by atoms with Crippen LogP contribution >= 0.6 is 11.3 Å². The van der Waals surface area contributed by atoms with E-state index >= 15 is 0 Å². The van der Waals surface area contributed by atoms with Crippen molar-refractivity contribution in [2.24, 2.45) is 12.5 Å². The smallest absolute Gasteiger partial charge is 0.265 e. The lowest BCUT2D eigenvalue weighted by Crippen LogP contribution is -2.55. The number of hydrogen-bond donors (Lipinski definition) is 1. The zero-order valence-electron chi connectivity index (χ0n) is 18.8. The van der Waals surface area contributed by atoms with Gasteiger partial charge in [-0.25, -0.2) is 9.97 Å². The number of nitrogens with one attached hydrogen (secondary N) is 1. The lowest BCUT2D eigenvalue weighted by molar-refractivity contribution is 0.0424. The molecule has 33 heavy (non-hydrogen) atoms. The second-order valence-electron chi connectivity index (χ2n) is 9.24. The molecule has 0 atom stereocenters. The number of thiophene rings is 1. The molecule has 0 radical (unpaired) electrons. The molecule has 3 aromatic heterocycles. The quantitative estimate of drug-likeness (QED) is 0.498. The van der Waals surface area contributed by atoms with Crippen molar-refractivity contribution in [1.82, 2.24) is 24.6 Å². The first-order chi connectivity index (χ1) is 15.9. The number of ether oxygens (including phenoxy) is 1. The molecule has 2 aliphatic rings. The largest absolute Gasteiger partial charge is 0.494 e. The molecule has 0 bridgehead atoms. The van der Waals surface area contributed by atoms with E-state index in [0.29, 0.717) is 21.7 Å². The van der Waals surface area contributed by atoms with Gasteiger partial charge in [0.05, 0.1) is 29.4 Å². The second kappa shape index (κ2) is 7.39. The van der Waals surface area contributed by atoms with Crippen LogP contribution in [0.4, 0.5) is 11.5 Å². The predicted molar refractivity (Wildman–Crippen MR) is 129 cm³/mol. The number of anilines is 2. The van der Waals surface area contributed by atoms with Crippen molar-refractivity contribution in [3.05, 3.63) is 35.5 Å². The average molecular weight is 464 g/mol. The lowest BCUT2D eigenvalue weighted by atomic mass is 9.79. The zero-order valence-corrected chi connectivity index (χ0v) is 19.6. The fourth-order valence-electron chi connectivity index (χ4n) is 5.18. The number of likely N-dealkylation sites (tertiary alicyclic amines) is 1. The molecule has 1 aromatic carbocycles. The van der Waals surface area contributed by atoms with E-state index in [1.165, 1.54) is 17.8 Å². The predicted octanol–water partition coefficient (Wildman–Crippen LogP) is 2.98. The van der Waals surface area contributed by atoms with E-state index in [4.69, 9.17) is 9.72 Å². The van der Waals surface area contributed by atoms with Crippen LogP contribution in [0.25, 0.3) is 21.3 Å². The number of hydrogen-bond acceptors (Lipinski definition) is 8. The number of methoxy groups -OCH3 is 1. The number of nitrogens with zero attached hydrogens (tertiary/aromatic N) is 6. The van der Waals surface area contributed by atoms with Gasteiger partial charge >= 0.3 is 0 Å². The molecule has 2 aliphatic heterocycles. The maximum absolute atomic E-state index is 13.0. The van der Waals surface area contributed by atoms with Crippen molar-refractivity contribution in [3.63, 3.8) is 0 Å². The maximum atomic E-state index is 13.0. The first kappa shape index (κ1) is 20.4. The maximum Gasteiger partial charge on any atom is 0.265 e. The molecular weight excluding hydrogens is 438 g/mol. The Morgan fingerprint density at radius 2 is 2.03 bits per heavy atom. The van der Waals surface area contributed by atoms with Crippen LogP contribution in [0.3, 0.4) is 0 Å². The fraction of sp³-hybridized carbons (Fsp3) is 0.391. The van der Waals surface area contributed by atoms with E-state index in [-0.39, 0.29) is 5.91 Å². The molecule has 0 unspecified atom stereocenters. The molecule has 0 saturated carbocycles. The molecule has 0 aliphatic carbocycles. The molecule has 4 aromatic rings. The van der Waals surface area contributed by atoms with Crippen molar-refractivity contribution in [1.29, 1.82) is 0 Å². The number of carbonyl (C=O) groups is 1. The summed E-state index contributed by atoms with van der Waals surface area (Å²) >= 11 is 1.36. The molecular formula is C23H25N7O2S. The summed E-state index contributed by atoms with van der Waals surface area (Å²) < 4.78 is 7.21. The minimum Gasteiger partial charge on any atom is -0.494 e. The van der Waals surface area contributed by atoms with Crippen LogP contribution in [0.2, 0.25) is 0 Å². The topological polar surface area (TPSA) is 88.4 Å². The first-order valence-electron chi connectivity index (χ1n) is 10.9. The van der Waals surface area contributed by atoms with Crippen molar-refractivity contribution < 1.29 is 9.53 Å². The number of benzene rings is 1. The normalized spacial score (nSPS) is 17.7. The van der Waals surface area contributed by atoms with Gasteiger partial charge in [0.25, 0.3) is 5.91 Å². The number of aromatic nitrogens is 4. The molecule has 1 spiro atoms. The zero-order chi connectivity index (χ0) is 22.7. The van der Waals surface area contributed by atoms with Crippen molar-refractivity contribution in [3.8, 4) is 5.75 Å². The first-order valence-corrected chi connectivity index (χ1v) is 11.8. The van der Waals surface area contributed by atoms with Gasteiger partial charge in [-0.3, -0.25) is 9.48 Å². The second-order valence-corrected chi connectivity index (χ2v) is 10.3. The highest BCUT2D eigenvalue weighted by atomic mass is 32.1. The lowest BCUT2D eigenvalue weighted by Gasteiger charge is -2.46. The summed E-state index contributed by atoms with van der Waals surface area (Å²) in [6.07, 6.45) is 4.93. The van der Waals surface area contributed by atoms with E-state index in [0.717, 1.165) is 53.2 Å². The molecule has 170 valence electrons. The summed E-state index contributed by atoms with van der Waals surface area (Å²) in [5, 5.41) is 8.30. The van der Waals surface area contributed by atoms with Crippen molar-refractivity contribution in [2.75, 3.05) is 50.6 Å². The Balaban J connectivity index is 1.24. The summed E-state index contributed by atoms with van der Waals surface area (Å²) in [6, 6.07) is 5.50. The number of aryl methyl sites for hydroxylation is 1. The Hall–Kier alpha value is -3.24. The number of carbonyl (C=O) groups excluding carboxylic acids is 1. The third-order valence-electron chi connectivity index (χ3n) is 6.61. The molecule has 1 N–H and O–H groups in total. The minimum absolute atomic E-state index is 0.208. The summed E-state index contributed by atoms with van der Waals surface area (Å²) in [4.78, 5) is 28.5. The van der Waals surface area contributed by atoms with Gasteiger partial charge in [0.1, 0.15) is 21.9 Å². The Morgan fingerprint density at radius 1 is 1.18 bits per heavy atom. The van der Waals surface area contributed by atoms with Gasteiger partial charge in [0.2, 0.25) is 0 Å². The van der Waals surface area contributed by atoms with Gasteiger partial charge in [-0.1, -0.05) is 0 Å². The van der Waals surface area contributed by atoms with Gasteiger partial charge in [-0.05, 0) is 25.6 Å². The van der Waals surface area contributed by atoms with Crippen LogP contribution in [0, 0.1) is 5.41 Å². The Kier molecular flexibility index (Phi) is 4.56. The molecule has 2 saturated heterocycles. The van der Waals surface area contributed by atoms with Gasteiger partial charge in [0, 0.05) is 56.3 Å². The van der Waals surface area contributed by atoms with Crippen LogP contribution in [-0.2, 0) is 7.05 Å². The molecule has 6 rings (SSSR count). The summed E-state index contributed by atoms with van der Waals surface area (Å²) in [7, 11) is 5.61.